The molecule has 1 fully saturated rings. The quantitative estimate of drug-likeness (QED) is 0.162. The normalized spacial score (nSPS) is 13.4. The van der Waals surface area contributed by atoms with Crippen LogP contribution in [0.4, 0.5) is 0 Å². The van der Waals surface area contributed by atoms with Gasteiger partial charge in [0, 0.05) is 41.3 Å². The summed E-state index contributed by atoms with van der Waals surface area (Å²) in [5, 5.41) is 27.5. The molecule has 1 aliphatic rings. The molecule has 264 valence electrons. The molecular weight excluding hydrogens is 777 g/mol. The molecule has 16 nitrogen and oxygen atoms in total. The van der Waals surface area contributed by atoms with Gasteiger partial charge in [0.05, 0.1) is 37.4 Å². The van der Waals surface area contributed by atoms with Crippen LogP contribution in [0.1, 0.15) is 18.4 Å². The minimum atomic E-state index is -3.73. The molecule has 0 bridgehead atoms. The molecule has 1 aliphatic carbocycles. The van der Waals surface area contributed by atoms with Crippen molar-refractivity contribution in [2.75, 3.05) is 11.5 Å². The van der Waals surface area contributed by atoms with Crippen LogP contribution >= 0.6 is 34.0 Å². The number of aromatic nitrogens is 11. The highest BCUT2D eigenvalue weighted by atomic mass is 32.2. The SMILES string of the molecule is C=CCS(=O)(=O)c1sc2nc(-c3nnco3)nc(-c3ccn[nH]3)c2c1C#N.O=S(CC1CC1)c1cc2c(-c3ncccn3)nc(-c3nccs3)nc2s1. The van der Waals surface area contributed by atoms with Gasteiger partial charge in [-0.2, -0.15) is 10.4 Å². The van der Waals surface area contributed by atoms with Gasteiger partial charge in [-0.15, -0.1) is 50.8 Å². The van der Waals surface area contributed by atoms with Gasteiger partial charge in [0.25, 0.3) is 5.89 Å². The third-order valence-electron chi connectivity index (χ3n) is 7.64. The largest absolute Gasteiger partial charge is 0.421 e. The zero-order valence-electron chi connectivity index (χ0n) is 27.0. The lowest BCUT2D eigenvalue weighted by Gasteiger charge is -2.03. The number of hydrogen-bond acceptors (Lipinski definition) is 18. The van der Waals surface area contributed by atoms with E-state index in [0.29, 0.717) is 44.9 Å². The van der Waals surface area contributed by atoms with Crippen LogP contribution in [0.25, 0.3) is 65.9 Å². The van der Waals surface area contributed by atoms with Gasteiger partial charge in [0.15, 0.2) is 26.5 Å². The van der Waals surface area contributed by atoms with Gasteiger partial charge < -0.3 is 4.42 Å². The molecule has 9 rings (SSSR count). The summed E-state index contributed by atoms with van der Waals surface area (Å²) >= 11 is 3.84. The van der Waals surface area contributed by atoms with Gasteiger partial charge in [-0.05, 0) is 37.0 Å². The summed E-state index contributed by atoms with van der Waals surface area (Å²) in [6, 6.07) is 7.33. The molecule has 21 heteroatoms. The van der Waals surface area contributed by atoms with Crippen LogP contribution in [0.2, 0.25) is 0 Å². The molecule has 8 aromatic heterocycles. The lowest BCUT2D eigenvalue weighted by atomic mass is 10.1. The average molecular weight is 799 g/mol. The Kier molecular flexibility index (Phi) is 9.44. The van der Waals surface area contributed by atoms with E-state index in [1.807, 2.05) is 17.5 Å². The van der Waals surface area contributed by atoms with Crippen molar-refractivity contribution in [2.45, 2.75) is 21.3 Å². The fourth-order valence-corrected chi connectivity index (χ4v) is 11.1. The maximum atomic E-state index is 12.7. The van der Waals surface area contributed by atoms with Crippen LogP contribution < -0.4 is 0 Å². The summed E-state index contributed by atoms with van der Waals surface area (Å²) in [5.74, 6) is 2.32. The van der Waals surface area contributed by atoms with Crippen molar-refractivity contribution < 1.29 is 17.0 Å². The molecular formula is C32H22N12O4S5. The van der Waals surface area contributed by atoms with Gasteiger partial charge in [-0.25, -0.2) is 43.3 Å². The van der Waals surface area contributed by atoms with E-state index in [1.54, 1.807) is 30.7 Å². The highest BCUT2D eigenvalue weighted by molar-refractivity contribution is 7.93. The Bertz CT molecular complexity index is 2760. The summed E-state index contributed by atoms with van der Waals surface area (Å²) in [5.41, 5.74) is 1.45. The molecule has 53 heavy (non-hydrogen) atoms. The second-order valence-corrected chi connectivity index (χ2v) is 18.2. The monoisotopic (exact) mass is 798 g/mol. The van der Waals surface area contributed by atoms with E-state index in [9.17, 15) is 17.9 Å². The number of hydrogen-bond donors (Lipinski definition) is 1. The molecule has 8 aromatic rings. The summed E-state index contributed by atoms with van der Waals surface area (Å²) < 4.78 is 43.7. The molecule has 1 atom stereocenters. The van der Waals surface area contributed by atoms with Crippen molar-refractivity contribution in [1.29, 1.82) is 5.26 Å². The van der Waals surface area contributed by atoms with E-state index in [-0.39, 0.29) is 27.2 Å². The molecule has 0 spiro atoms. The Labute approximate surface area is 314 Å². The number of rotatable bonds is 10. The van der Waals surface area contributed by atoms with Gasteiger partial charge in [-0.1, -0.05) is 6.08 Å². The maximum Gasteiger partial charge on any atom is 0.285 e. The lowest BCUT2D eigenvalue weighted by Crippen LogP contribution is -2.04. The van der Waals surface area contributed by atoms with Gasteiger partial charge in [0.1, 0.15) is 31.3 Å². The number of nitriles is 1. The first-order chi connectivity index (χ1) is 25.8. The Hall–Kier alpha value is -5.53. The average Bonchev–Trinajstić information content (AvgIpc) is 3.84. The number of sulfone groups is 1. The Morgan fingerprint density at radius 3 is 2.51 bits per heavy atom. The summed E-state index contributed by atoms with van der Waals surface area (Å²) in [7, 11) is -4.73. The van der Waals surface area contributed by atoms with Crippen LogP contribution in [-0.4, -0.2) is 79.4 Å². The molecule has 0 radical (unpaired) electrons. The van der Waals surface area contributed by atoms with Crippen LogP contribution in [-0.2, 0) is 20.6 Å². The second-order valence-electron chi connectivity index (χ2n) is 11.3. The summed E-state index contributed by atoms with van der Waals surface area (Å²) in [6.45, 7) is 3.46. The van der Waals surface area contributed by atoms with Crippen LogP contribution in [0.5, 0.6) is 0 Å². The molecule has 8 heterocycles. The first kappa shape index (κ1) is 34.6. The van der Waals surface area contributed by atoms with Crippen LogP contribution in [0, 0.1) is 17.2 Å². The van der Waals surface area contributed by atoms with Gasteiger partial charge in [-0.3, -0.25) is 9.31 Å². The Morgan fingerprint density at radius 2 is 1.83 bits per heavy atom. The Morgan fingerprint density at radius 1 is 1.02 bits per heavy atom. The van der Waals surface area contributed by atoms with Crippen LogP contribution in [0.15, 0.2) is 80.3 Å². The first-order valence-electron chi connectivity index (χ1n) is 15.5. The van der Waals surface area contributed by atoms with Crippen molar-refractivity contribution in [2.24, 2.45) is 5.92 Å². The number of fused-ring (bicyclic) bond motifs is 2. The molecule has 1 unspecified atom stereocenters. The lowest BCUT2D eigenvalue weighted by molar-refractivity contribution is 0.564. The van der Waals surface area contributed by atoms with Crippen molar-refractivity contribution in [3.8, 4) is 51.5 Å². The standard InChI is InChI=1S/C17H13N5OS3.C15H9N7O3S2/c23-26(9-10-2-3-10)12-8-11-13(14-18-4-1-5-19-14)21-15(22-16(11)25-12)17-20-6-7-24-17;1-2-5-27(23,24)15-8(6-16)10-11(9-3-4-17-21-9)19-12(20-14(10)26-15)13-22-18-7-25-13/h1,4-8,10H,2-3,9H2;2-4,7H,1,5H2,(H,17,21). The number of nitrogens with one attached hydrogen (secondary N) is 1. The molecule has 0 aromatic carbocycles. The fraction of sp³-hybridized carbons (Fsp3) is 0.156. The van der Waals surface area contributed by atoms with E-state index >= 15 is 0 Å². The zero-order chi connectivity index (χ0) is 36.5. The smallest absolute Gasteiger partial charge is 0.285 e. The number of H-pyrrole nitrogens is 1. The highest BCUT2D eigenvalue weighted by Gasteiger charge is 2.29. The molecule has 1 N–H and O–H groups in total. The molecule has 0 amide bonds. The van der Waals surface area contributed by atoms with Crippen molar-refractivity contribution in [3.63, 3.8) is 0 Å². The molecule has 0 aliphatic heterocycles. The number of thiophene rings is 2. The third-order valence-corrected chi connectivity index (χ3v) is 14.7. The predicted molar refractivity (Wildman–Crippen MR) is 199 cm³/mol. The van der Waals surface area contributed by atoms with Crippen molar-refractivity contribution in [3.05, 3.63) is 73.0 Å². The first-order valence-corrected chi connectivity index (χ1v) is 21.0. The minimum absolute atomic E-state index is 0.0153. The van der Waals surface area contributed by atoms with E-state index in [4.69, 9.17) is 4.42 Å². The molecule has 0 saturated heterocycles. The number of thiazole rings is 1. The second kappa shape index (κ2) is 14.5. The van der Waals surface area contributed by atoms with Crippen LogP contribution in [0.3, 0.4) is 0 Å². The minimum Gasteiger partial charge on any atom is -0.421 e. The Balaban J connectivity index is 0.000000151. The maximum absolute atomic E-state index is 12.7. The highest BCUT2D eigenvalue weighted by Crippen LogP contribution is 2.40. The number of nitrogens with zero attached hydrogens (tertiary/aromatic N) is 11. The summed E-state index contributed by atoms with van der Waals surface area (Å²) in [6.07, 6.45) is 11.4. The van der Waals surface area contributed by atoms with Gasteiger partial charge in [0.2, 0.25) is 12.2 Å². The fourth-order valence-electron chi connectivity index (χ4n) is 5.09. The predicted octanol–water partition coefficient (Wildman–Crippen LogP) is 5.75. The number of aromatic amines is 1. The topological polar surface area (TPSA) is 233 Å². The zero-order valence-corrected chi connectivity index (χ0v) is 31.1. The third kappa shape index (κ3) is 7.01. The van der Waals surface area contributed by atoms with E-state index in [1.165, 1.54) is 47.8 Å². The molecule has 1 saturated carbocycles. The van der Waals surface area contributed by atoms with E-state index < -0.39 is 20.6 Å². The van der Waals surface area contributed by atoms with Crippen molar-refractivity contribution in [1.82, 2.24) is 55.3 Å². The van der Waals surface area contributed by atoms with E-state index in [0.717, 1.165) is 42.9 Å². The van der Waals surface area contributed by atoms with Gasteiger partial charge >= 0.3 is 0 Å². The van der Waals surface area contributed by atoms with E-state index in [2.05, 4.69) is 61.9 Å². The van der Waals surface area contributed by atoms with Crippen molar-refractivity contribution >= 4 is 75.1 Å². The summed E-state index contributed by atoms with van der Waals surface area (Å²) in [4.78, 5) is 32.2.